The van der Waals surface area contributed by atoms with Crippen molar-refractivity contribution in [2.75, 3.05) is 31.6 Å². The smallest absolute Gasteiger partial charge is 0.274 e. The Morgan fingerprint density at radius 3 is 2.86 bits per heavy atom. The van der Waals surface area contributed by atoms with Crippen molar-refractivity contribution >= 4 is 11.4 Å². The van der Waals surface area contributed by atoms with Crippen LogP contribution in [0, 0.1) is 15.9 Å². The second kappa shape index (κ2) is 7.90. The summed E-state index contributed by atoms with van der Waals surface area (Å²) in [6, 6.07) is 3.49. The van der Waals surface area contributed by atoms with E-state index in [1.807, 2.05) is 0 Å². The molecule has 1 aromatic rings. The number of rotatable bonds is 7. The molecule has 0 radical (unpaired) electrons. The van der Waals surface area contributed by atoms with E-state index in [0.717, 1.165) is 38.4 Å². The Morgan fingerprint density at radius 2 is 2.14 bits per heavy atom. The van der Waals surface area contributed by atoms with Crippen LogP contribution in [0.5, 0.6) is 0 Å². The van der Waals surface area contributed by atoms with E-state index in [-0.39, 0.29) is 5.69 Å². The van der Waals surface area contributed by atoms with E-state index in [0.29, 0.717) is 24.9 Å². The fourth-order valence-corrected chi connectivity index (χ4v) is 2.30. The minimum absolute atomic E-state index is 0.247. The highest BCUT2D eigenvalue weighted by Gasteiger charge is 2.12. The van der Waals surface area contributed by atoms with Crippen molar-refractivity contribution < 1.29 is 14.1 Å². The predicted octanol–water partition coefficient (Wildman–Crippen LogP) is 2.30. The zero-order valence-electron chi connectivity index (χ0n) is 11.8. The van der Waals surface area contributed by atoms with Crippen LogP contribution in [0.25, 0.3) is 0 Å². The van der Waals surface area contributed by atoms with Gasteiger partial charge < -0.3 is 15.4 Å². The zero-order chi connectivity index (χ0) is 15.1. The molecule has 1 fully saturated rings. The normalized spacial score (nSPS) is 15.9. The highest BCUT2D eigenvalue weighted by atomic mass is 19.1. The van der Waals surface area contributed by atoms with Crippen molar-refractivity contribution in [1.29, 1.82) is 0 Å². The van der Waals surface area contributed by atoms with Crippen LogP contribution in [0.4, 0.5) is 15.8 Å². The van der Waals surface area contributed by atoms with Crippen LogP contribution in [0.15, 0.2) is 18.2 Å². The summed E-state index contributed by atoms with van der Waals surface area (Å²) in [7, 11) is 0. The number of halogens is 1. The molecule has 0 amide bonds. The molecule has 0 saturated carbocycles. The van der Waals surface area contributed by atoms with Gasteiger partial charge in [-0.05, 0) is 38.4 Å². The molecule has 1 heterocycles. The molecule has 1 saturated heterocycles. The number of non-ortho nitro benzene ring substituents is 1. The molecule has 1 aliphatic rings. The van der Waals surface area contributed by atoms with E-state index in [1.165, 1.54) is 12.1 Å². The van der Waals surface area contributed by atoms with Crippen molar-refractivity contribution in [1.82, 2.24) is 5.32 Å². The van der Waals surface area contributed by atoms with Gasteiger partial charge in [-0.1, -0.05) is 0 Å². The van der Waals surface area contributed by atoms with E-state index < -0.39 is 10.7 Å². The molecule has 7 heteroatoms. The van der Waals surface area contributed by atoms with Crippen LogP contribution in [0.1, 0.15) is 19.3 Å². The minimum atomic E-state index is -0.613. The minimum Gasteiger partial charge on any atom is -0.385 e. The van der Waals surface area contributed by atoms with Gasteiger partial charge in [-0.2, -0.15) is 0 Å². The molecule has 116 valence electrons. The largest absolute Gasteiger partial charge is 0.385 e. The molecule has 1 aromatic carbocycles. The Bertz CT molecular complexity index is 479. The number of hydrogen-bond acceptors (Lipinski definition) is 5. The first kappa shape index (κ1) is 15.7. The first-order valence-corrected chi connectivity index (χ1v) is 7.16. The fourth-order valence-electron chi connectivity index (χ4n) is 2.30. The topological polar surface area (TPSA) is 76.4 Å². The lowest BCUT2D eigenvalue weighted by Crippen LogP contribution is -2.32. The number of nitro benzene ring substituents is 1. The molecule has 0 bridgehead atoms. The summed E-state index contributed by atoms with van der Waals surface area (Å²) in [5.74, 6) is -0.613. The van der Waals surface area contributed by atoms with Gasteiger partial charge in [-0.25, -0.2) is 4.39 Å². The Kier molecular flexibility index (Phi) is 5.89. The third-order valence-electron chi connectivity index (χ3n) is 3.38. The van der Waals surface area contributed by atoms with Crippen LogP contribution >= 0.6 is 0 Å². The number of nitrogens with one attached hydrogen (secondary N) is 2. The van der Waals surface area contributed by atoms with Gasteiger partial charge in [0.2, 0.25) is 0 Å². The third-order valence-corrected chi connectivity index (χ3v) is 3.38. The summed E-state index contributed by atoms with van der Waals surface area (Å²) in [5, 5.41) is 16.9. The average molecular weight is 297 g/mol. The zero-order valence-corrected chi connectivity index (χ0v) is 11.8. The van der Waals surface area contributed by atoms with Crippen molar-refractivity contribution in [3.63, 3.8) is 0 Å². The van der Waals surface area contributed by atoms with Gasteiger partial charge in [0.25, 0.3) is 5.69 Å². The summed E-state index contributed by atoms with van der Waals surface area (Å²) >= 11 is 0. The first-order chi connectivity index (χ1) is 10.1. The van der Waals surface area contributed by atoms with E-state index in [2.05, 4.69) is 10.6 Å². The molecule has 2 N–H and O–H groups in total. The first-order valence-electron chi connectivity index (χ1n) is 7.16. The van der Waals surface area contributed by atoms with E-state index in [9.17, 15) is 14.5 Å². The number of anilines is 1. The van der Waals surface area contributed by atoms with Gasteiger partial charge in [0.15, 0.2) is 0 Å². The van der Waals surface area contributed by atoms with Crippen LogP contribution in [-0.4, -0.2) is 37.3 Å². The Balaban J connectivity index is 1.69. The lowest BCUT2D eigenvalue weighted by Gasteiger charge is -2.22. The predicted molar refractivity (Wildman–Crippen MR) is 78.0 cm³/mol. The molecule has 0 aliphatic carbocycles. The molecule has 0 unspecified atom stereocenters. The molecular weight excluding hydrogens is 277 g/mol. The summed E-state index contributed by atoms with van der Waals surface area (Å²) in [6.07, 6.45) is 3.16. The lowest BCUT2D eigenvalue weighted by molar-refractivity contribution is -0.385. The number of benzene rings is 1. The molecule has 1 aliphatic heterocycles. The molecular formula is C14H20FN3O3. The van der Waals surface area contributed by atoms with Gasteiger partial charge in [-0.3, -0.25) is 10.1 Å². The maximum absolute atomic E-state index is 13.2. The Labute approximate surface area is 122 Å². The molecule has 21 heavy (non-hydrogen) atoms. The number of nitrogens with zero attached hydrogens (tertiary/aromatic N) is 1. The van der Waals surface area contributed by atoms with E-state index in [4.69, 9.17) is 4.74 Å². The van der Waals surface area contributed by atoms with E-state index >= 15 is 0 Å². The maximum Gasteiger partial charge on any atom is 0.274 e. The van der Waals surface area contributed by atoms with Crippen molar-refractivity contribution in [2.45, 2.75) is 25.4 Å². The second-order valence-corrected chi connectivity index (χ2v) is 5.06. The van der Waals surface area contributed by atoms with Crippen LogP contribution in [-0.2, 0) is 4.74 Å². The van der Waals surface area contributed by atoms with E-state index in [1.54, 1.807) is 0 Å². The van der Waals surface area contributed by atoms with Gasteiger partial charge in [0.1, 0.15) is 5.82 Å². The van der Waals surface area contributed by atoms with Crippen molar-refractivity contribution in [3.8, 4) is 0 Å². The lowest BCUT2D eigenvalue weighted by atomic mass is 10.1. The Morgan fingerprint density at radius 1 is 1.38 bits per heavy atom. The molecule has 6 nitrogen and oxygen atoms in total. The summed E-state index contributed by atoms with van der Waals surface area (Å²) in [5.41, 5.74) is 0.173. The van der Waals surface area contributed by atoms with Gasteiger partial charge in [0.05, 0.1) is 17.1 Å². The number of piperidine rings is 1. The number of nitro groups is 1. The third kappa shape index (κ3) is 5.28. The molecule has 0 atom stereocenters. The van der Waals surface area contributed by atoms with Crippen LogP contribution < -0.4 is 10.6 Å². The van der Waals surface area contributed by atoms with Gasteiger partial charge in [-0.15, -0.1) is 0 Å². The fraction of sp³-hybridized carbons (Fsp3) is 0.571. The monoisotopic (exact) mass is 297 g/mol. The molecule has 2 rings (SSSR count). The van der Waals surface area contributed by atoms with Gasteiger partial charge >= 0.3 is 0 Å². The quantitative estimate of drug-likeness (QED) is 0.459. The Hall–Kier alpha value is -1.73. The maximum atomic E-state index is 13.2. The molecule has 0 aromatic heterocycles. The van der Waals surface area contributed by atoms with Crippen LogP contribution in [0.3, 0.4) is 0 Å². The highest BCUT2D eigenvalue weighted by molar-refractivity contribution is 5.51. The van der Waals surface area contributed by atoms with Gasteiger partial charge in [0, 0.05) is 24.9 Å². The summed E-state index contributed by atoms with van der Waals surface area (Å²) in [4.78, 5) is 10.0. The average Bonchev–Trinajstić information content (AvgIpc) is 2.47. The molecule has 0 spiro atoms. The SMILES string of the molecule is O=[N+]([O-])c1cc(F)cc(NCCCOC2CCNCC2)c1. The second-order valence-electron chi connectivity index (χ2n) is 5.06. The van der Waals surface area contributed by atoms with Crippen molar-refractivity contribution in [2.24, 2.45) is 0 Å². The summed E-state index contributed by atoms with van der Waals surface area (Å²) in [6.45, 7) is 3.21. The number of hydrogen-bond donors (Lipinski definition) is 2. The van der Waals surface area contributed by atoms with Crippen LogP contribution in [0.2, 0.25) is 0 Å². The summed E-state index contributed by atoms with van der Waals surface area (Å²) < 4.78 is 19.0. The highest BCUT2D eigenvalue weighted by Crippen LogP contribution is 2.19. The standard InChI is InChI=1S/C14H20FN3O3/c15-11-8-12(10-13(9-11)18(19)20)17-4-1-7-21-14-2-5-16-6-3-14/h8-10,14,16-17H,1-7H2. The van der Waals surface area contributed by atoms with Crippen molar-refractivity contribution in [3.05, 3.63) is 34.1 Å². The number of ether oxygens (including phenoxy) is 1.